The van der Waals surface area contributed by atoms with E-state index < -0.39 is 0 Å². The van der Waals surface area contributed by atoms with Gasteiger partial charge in [-0.05, 0) is 84.8 Å². The standard InChI is InChI=1S/C22H30O/c1-3-15-4-7-18-16(14-15)5-8-20-19(18)10-12-22(2)17(11-13-23)6-9-21(20)22/h4,7,11,14,19-21,23H,3,5-6,8-10,12-13H2,1-2H3/t19-,20-,21+,22-/m1/s1. The van der Waals surface area contributed by atoms with E-state index in [4.69, 9.17) is 0 Å². The topological polar surface area (TPSA) is 20.2 Å². The monoisotopic (exact) mass is 310 g/mol. The SMILES string of the molecule is CCc1ccc2c(c1)CC[C@@H]1[C@@H]2CC[C@]2(C)C(=CCO)CC[C@@H]12. The number of rotatable bonds is 2. The summed E-state index contributed by atoms with van der Waals surface area (Å²) in [5, 5.41) is 9.37. The fourth-order valence-electron chi connectivity index (χ4n) is 6.15. The molecule has 0 aromatic heterocycles. The van der Waals surface area contributed by atoms with E-state index in [1.54, 1.807) is 16.7 Å². The molecule has 4 atom stereocenters. The van der Waals surface area contributed by atoms with Gasteiger partial charge in [0.25, 0.3) is 0 Å². The summed E-state index contributed by atoms with van der Waals surface area (Å²) in [5.74, 6) is 2.48. The fourth-order valence-corrected chi connectivity index (χ4v) is 6.15. The lowest BCUT2D eigenvalue weighted by molar-refractivity contribution is 0.0810. The van der Waals surface area contributed by atoms with Gasteiger partial charge in [0.1, 0.15) is 0 Å². The largest absolute Gasteiger partial charge is 0.392 e. The van der Waals surface area contributed by atoms with E-state index in [-0.39, 0.29) is 6.61 Å². The van der Waals surface area contributed by atoms with Gasteiger partial charge in [-0.25, -0.2) is 0 Å². The molecule has 1 nitrogen and oxygen atoms in total. The maximum Gasteiger partial charge on any atom is 0.0615 e. The van der Waals surface area contributed by atoms with Crippen molar-refractivity contribution in [3.63, 3.8) is 0 Å². The van der Waals surface area contributed by atoms with Gasteiger partial charge in [-0.15, -0.1) is 0 Å². The Morgan fingerprint density at radius 3 is 2.87 bits per heavy atom. The molecule has 0 radical (unpaired) electrons. The molecule has 0 spiro atoms. The molecule has 0 bridgehead atoms. The third kappa shape index (κ3) is 2.31. The van der Waals surface area contributed by atoms with Gasteiger partial charge in [-0.2, -0.15) is 0 Å². The lowest BCUT2D eigenvalue weighted by Gasteiger charge is -2.49. The molecular weight excluding hydrogens is 280 g/mol. The van der Waals surface area contributed by atoms with E-state index >= 15 is 0 Å². The predicted octanol–water partition coefficient (Wildman–Crippen LogP) is 5.02. The maximum absolute atomic E-state index is 9.37. The molecule has 1 aromatic rings. The first kappa shape index (κ1) is 15.4. The molecule has 2 fully saturated rings. The van der Waals surface area contributed by atoms with Crippen LogP contribution in [0.5, 0.6) is 0 Å². The van der Waals surface area contributed by atoms with Gasteiger partial charge in [0, 0.05) is 0 Å². The maximum atomic E-state index is 9.37. The lowest BCUT2D eigenvalue weighted by Crippen LogP contribution is -2.40. The average molecular weight is 310 g/mol. The normalized spacial score (nSPS) is 37.3. The second kappa shape index (κ2) is 5.77. The fraction of sp³-hybridized carbons (Fsp3) is 0.636. The van der Waals surface area contributed by atoms with Crippen molar-refractivity contribution in [2.24, 2.45) is 17.3 Å². The van der Waals surface area contributed by atoms with Crippen LogP contribution in [-0.4, -0.2) is 11.7 Å². The highest BCUT2D eigenvalue weighted by molar-refractivity contribution is 5.39. The Morgan fingerprint density at radius 1 is 1.22 bits per heavy atom. The summed E-state index contributed by atoms with van der Waals surface area (Å²) in [6.07, 6.45) is 11.1. The number of aliphatic hydroxyl groups is 1. The molecule has 2 saturated carbocycles. The highest BCUT2D eigenvalue weighted by Crippen LogP contribution is 2.62. The van der Waals surface area contributed by atoms with Crippen molar-refractivity contribution in [3.05, 3.63) is 46.5 Å². The summed E-state index contributed by atoms with van der Waals surface area (Å²) in [7, 11) is 0. The summed E-state index contributed by atoms with van der Waals surface area (Å²) < 4.78 is 0. The molecule has 124 valence electrons. The van der Waals surface area contributed by atoms with Gasteiger partial charge in [0.05, 0.1) is 6.61 Å². The number of aliphatic hydroxyl groups excluding tert-OH is 1. The van der Waals surface area contributed by atoms with Crippen LogP contribution in [0.2, 0.25) is 0 Å². The zero-order valence-electron chi connectivity index (χ0n) is 14.6. The van der Waals surface area contributed by atoms with Crippen LogP contribution in [0.4, 0.5) is 0 Å². The summed E-state index contributed by atoms with van der Waals surface area (Å²) in [5.41, 5.74) is 6.72. The summed E-state index contributed by atoms with van der Waals surface area (Å²) in [4.78, 5) is 0. The lowest BCUT2D eigenvalue weighted by atomic mass is 9.55. The van der Waals surface area contributed by atoms with Crippen molar-refractivity contribution >= 4 is 0 Å². The molecule has 3 aliphatic rings. The van der Waals surface area contributed by atoms with E-state index in [0.717, 1.165) is 24.2 Å². The molecule has 4 rings (SSSR count). The summed E-state index contributed by atoms with van der Waals surface area (Å²) in [6.45, 7) is 4.96. The van der Waals surface area contributed by atoms with Crippen LogP contribution in [0, 0.1) is 17.3 Å². The molecular formula is C22H30O. The summed E-state index contributed by atoms with van der Waals surface area (Å²) >= 11 is 0. The molecule has 0 unspecified atom stereocenters. The quantitative estimate of drug-likeness (QED) is 0.760. The van der Waals surface area contributed by atoms with Gasteiger partial charge < -0.3 is 5.11 Å². The molecule has 1 heteroatoms. The Kier molecular flexibility index (Phi) is 3.88. The Labute approximate surface area is 140 Å². The highest BCUT2D eigenvalue weighted by Gasteiger charge is 2.52. The van der Waals surface area contributed by atoms with Gasteiger partial charge in [0.2, 0.25) is 0 Å². The van der Waals surface area contributed by atoms with E-state index in [1.807, 2.05) is 0 Å². The van der Waals surface area contributed by atoms with Crippen LogP contribution in [-0.2, 0) is 12.8 Å². The first-order chi connectivity index (χ1) is 11.2. The van der Waals surface area contributed by atoms with Crippen LogP contribution in [0.25, 0.3) is 0 Å². The van der Waals surface area contributed by atoms with E-state index in [9.17, 15) is 5.11 Å². The van der Waals surface area contributed by atoms with Crippen molar-refractivity contribution in [1.82, 2.24) is 0 Å². The highest BCUT2D eigenvalue weighted by atomic mass is 16.2. The first-order valence-corrected chi connectivity index (χ1v) is 9.59. The molecule has 23 heavy (non-hydrogen) atoms. The zero-order chi connectivity index (χ0) is 16.0. The van der Waals surface area contributed by atoms with Gasteiger partial charge in [-0.3, -0.25) is 0 Å². The van der Waals surface area contributed by atoms with Crippen molar-refractivity contribution in [2.75, 3.05) is 6.61 Å². The Bertz CT molecular complexity index is 629. The molecule has 1 N–H and O–H groups in total. The molecule has 0 saturated heterocycles. The second-order valence-electron chi connectivity index (χ2n) is 8.21. The van der Waals surface area contributed by atoms with E-state index in [0.29, 0.717) is 5.41 Å². The number of benzene rings is 1. The van der Waals surface area contributed by atoms with Crippen LogP contribution < -0.4 is 0 Å². The van der Waals surface area contributed by atoms with Crippen molar-refractivity contribution in [3.8, 4) is 0 Å². The minimum Gasteiger partial charge on any atom is -0.392 e. The number of allylic oxidation sites excluding steroid dienone is 1. The number of hydrogen-bond acceptors (Lipinski definition) is 1. The molecule has 0 amide bonds. The van der Waals surface area contributed by atoms with Crippen LogP contribution >= 0.6 is 0 Å². The molecule has 3 aliphatic carbocycles. The van der Waals surface area contributed by atoms with Crippen molar-refractivity contribution < 1.29 is 5.11 Å². The summed E-state index contributed by atoms with van der Waals surface area (Å²) in [6, 6.07) is 7.29. The van der Waals surface area contributed by atoms with E-state index in [2.05, 4.69) is 38.1 Å². The first-order valence-electron chi connectivity index (χ1n) is 9.59. The minimum atomic E-state index is 0.217. The minimum absolute atomic E-state index is 0.217. The van der Waals surface area contributed by atoms with Crippen LogP contribution in [0.3, 0.4) is 0 Å². The Balaban J connectivity index is 1.66. The van der Waals surface area contributed by atoms with Crippen molar-refractivity contribution in [2.45, 2.75) is 64.7 Å². The zero-order valence-corrected chi connectivity index (χ0v) is 14.6. The third-order valence-electron chi connectivity index (χ3n) is 7.38. The van der Waals surface area contributed by atoms with Crippen LogP contribution in [0.15, 0.2) is 29.8 Å². The smallest absolute Gasteiger partial charge is 0.0615 e. The van der Waals surface area contributed by atoms with E-state index in [1.165, 1.54) is 44.1 Å². The molecule has 1 aromatic carbocycles. The Morgan fingerprint density at radius 2 is 2.09 bits per heavy atom. The molecule has 0 aliphatic heterocycles. The molecule has 0 heterocycles. The third-order valence-corrected chi connectivity index (χ3v) is 7.38. The Hall–Kier alpha value is -1.08. The second-order valence-corrected chi connectivity index (χ2v) is 8.21. The van der Waals surface area contributed by atoms with Crippen molar-refractivity contribution in [1.29, 1.82) is 0 Å². The number of fused-ring (bicyclic) bond motifs is 5. The number of aryl methyl sites for hydroxylation is 2. The number of hydrogen-bond donors (Lipinski definition) is 1. The van der Waals surface area contributed by atoms with Gasteiger partial charge >= 0.3 is 0 Å². The average Bonchev–Trinajstić information content (AvgIpc) is 2.91. The van der Waals surface area contributed by atoms with Crippen LogP contribution in [0.1, 0.15) is 68.6 Å². The van der Waals surface area contributed by atoms with Gasteiger partial charge in [-0.1, -0.05) is 43.7 Å². The predicted molar refractivity (Wildman–Crippen MR) is 95.6 cm³/mol. The van der Waals surface area contributed by atoms with Gasteiger partial charge in [0.15, 0.2) is 0 Å².